The van der Waals surface area contributed by atoms with E-state index in [9.17, 15) is 4.79 Å². The third-order valence-corrected chi connectivity index (χ3v) is 3.09. The first kappa shape index (κ1) is 12.7. The minimum Gasteiger partial charge on any atom is -0.497 e. The molecule has 5 heteroatoms. The molecule has 1 aromatic carbocycles. The van der Waals surface area contributed by atoms with Crippen LogP contribution in [-0.2, 0) is 4.74 Å². The predicted octanol–water partition coefficient (Wildman–Crippen LogP) is 3.50. The van der Waals surface area contributed by atoms with E-state index in [4.69, 9.17) is 9.15 Å². The van der Waals surface area contributed by atoms with Crippen molar-refractivity contribution < 1.29 is 18.7 Å². The fourth-order valence-electron chi connectivity index (χ4n) is 1.52. The second-order valence-corrected chi connectivity index (χ2v) is 4.36. The van der Waals surface area contributed by atoms with Gasteiger partial charge in [-0.15, -0.1) is 0 Å². The Hall–Kier alpha value is -1.75. The molecule has 0 saturated carbocycles. The fraction of sp³-hybridized carbons (Fsp3) is 0.154. The van der Waals surface area contributed by atoms with Gasteiger partial charge in [0.05, 0.1) is 14.2 Å². The van der Waals surface area contributed by atoms with E-state index in [0.29, 0.717) is 5.76 Å². The molecule has 1 aromatic heterocycles. The number of rotatable bonds is 3. The number of hydrogen-bond donors (Lipinski definition) is 0. The van der Waals surface area contributed by atoms with Gasteiger partial charge >= 0.3 is 5.97 Å². The number of furan rings is 1. The first-order valence-electron chi connectivity index (χ1n) is 5.17. The average molecular weight is 311 g/mol. The topological polar surface area (TPSA) is 48.7 Å². The SMILES string of the molecule is COC(=O)c1ccc(-c2ccc(OC)cc2Br)o1. The first-order valence-corrected chi connectivity index (χ1v) is 5.97. The Balaban J connectivity index is 2.37. The van der Waals surface area contributed by atoms with Crippen molar-refractivity contribution in [2.45, 2.75) is 0 Å². The van der Waals surface area contributed by atoms with Gasteiger partial charge in [0.25, 0.3) is 0 Å². The Morgan fingerprint density at radius 3 is 2.61 bits per heavy atom. The maximum atomic E-state index is 11.3. The van der Waals surface area contributed by atoms with Gasteiger partial charge in [-0.2, -0.15) is 0 Å². The summed E-state index contributed by atoms with van der Waals surface area (Å²) < 4.78 is 16.0. The molecule has 0 saturated heterocycles. The van der Waals surface area contributed by atoms with Gasteiger partial charge in [-0.25, -0.2) is 4.79 Å². The number of ether oxygens (including phenoxy) is 2. The Morgan fingerprint density at radius 1 is 1.22 bits per heavy atom. The Bertz CT molecular complexity index is 574. The van der Waals surface area contributed by atoms with E-state index in [1.165, 1.54) is 7.11 Å². The zero-order valence-corrected chi connectivity index (χ0v) is 11.5. The molecular weight excluding hydrogens is 300 g/mol. The summed E-state index contributed by atoms with van der Waals surface area (Å²) in [4.78, 5) is 11.3. The molecule has 1 heterocycles. The number of esters is 1. The highest BCUT2D eigenvalue weighted by Gasteiger charge is 2.14. The summed E-state index contributed by atoms with van der Waals surface area (Å²) >= 11 is 3.43. The predicted molar refractivity (Wildman–Crippen MR) is 69.7 cm³/mol. The van der Waals surface area contributed by atoms with E-state index in [1.54, 1.807) is 19.2 Å². The van der Waals surface area contributed by atoms with Crippen molar-refractivity contribution in [3.63, 3.8) is 0 Å². The summed E-state index contributed by atoms with van der Waals surface area (Å²) in [5.74, 6) is 1.01. The number of methoxy groups -OCH3 is 2. The van der Waals surface area contributed by atoms with Crippen molar-refractivity contribution in [3.05, 3.63) is 40.6 Å². The van der Waals surface area contributed by atoms with Gasteiger partial charge in [-0.05, 0) is 46.3 Å². The molecule has 0 N–H and O–H groups in total. The lowest BCUT2D eigenvalue weighted by Crippen LogP contribution is -1.98. The van der Waals surface area contributed by atoms with Gasteiger partial charge in [-0.1, -0.05) is 0 Å². The van der Waals surface area contributed by atoms with Crippen molar-refractivity contribution in [1.29, 1.82) is 0 Å². The van der Waals surface area contributed by atoms with Crippen LogP contribution in [0.15, 0.2) is 39.2 Å². The number of halogens is 1. The molecule has 0 aliphatic heterocycles. The molecule has 18 heavy (non-hydrogen) atoms. The van der Waals surface area contributed by atoms with E-state index < -0.39 is 5.97 Å². The standard InChI is InChI=1S/C13H11BrO4/c1-16-8-3-4-9(10(14)7-8)11-5-6-12(18-11)13(15)17-2/h3-7H,1-2H3. The summed E-state index contributed by atoms with van der Waals surface area (Å²) in [5.41, 5.74) is 0.839. The Kier molecular flexibility index (Phi) is 3.72. The molecule has 0 bridgehead atoms. The monoisotopic (exact) mass is 310 g/mol. The van der Waals surface area contributed by atoms with Crippen LogP contribution < -0.4 is 4.74 Å². The number of carbonyl (C=O) groups is 1. The van der Waals surface area contributed by atoms with Crippen LogP contribution in [-0.4, -0.2) is 20.2 Å². The maximum absolute atomic E-state index is 11.3. The zero-order chi connectivity index (χ0) is 13.1. The number of benzene rings is 1. The lowest BCUT2D eigenvalue weighted by Gasteiger charge is -2.04. The molecule has 2 aromatic rings. The van der Waals surface area contributed by atoms with Gasteiger partial charge in [-0.3, -0.25) is 0 Å². The van der Waals surface area contributed by atoms with Crippen LogP contribution >= 0.6 is 15.9 Å². The van der Waals surface area contributed by atoms with Crippen molar-refractivity contribution in [2.24, 2.45) is 0 Å². The molecule has 94 valence electrons. The molecule has 4 nitrogen and oxygen atoms in total. The Morgan fingerprint density at radius 2 is 2.00 bits per heavy atom. The minimum atomic E-state index is -0.495. The molecule has 0 spiro atoms. The van der Waals surface area contributed by atoms with Gasteiger partial charge in [0.1, 0.15) is 11.5 Å². The molecular formula is C13H11BrO4. The van der Waals surface area contributed by atoms with E-state index in [2.05, 4.69) is 20.7 Å². The third kappa shape index (κ3) is 2.41. The molecule has 0 amide bonds. The fourth-order valence-corrected chi connectivity index (χ4v) is 2.07. The second-order valence-electron chi connectivity index (χ2n) is 3.50. The van der Waals surface area contributed by atoms with Crippen LogP contribution in [0, 0.1) is 0 Å². The summed E-state index contributed by atoms with van der Waals surface area (Å²) in [5, 5.41) is 0. The highest BCUT2D eigenvalue weighted by atomic mass is 79.9. The molecule has 0 aliphatic rings. The summed E-state index contributed by atoms with van der Waals surface area (Å²) in [7, 11) is 2.91. The van der Waals surface area contributed by atoms with Crippen molar-refractivity contribution in [2.75, 3.05) is 14.2 Å². The molecule has 0 radical (unpaired) electrons. The number of hydrogen-bond acceptors (Lipinski definition) is 4. The molecule has 0 fully saturated rings. The lowest BCUT2D eigenvalue weighted by molar-refractivity contribution is 0.0566. The largest absolute Gasteiger partial charge is 0.497 e. The minimum absolute atomic E-state index is 0.176. The van der Waals surface area contributed by atoms with Crippen molar-refractivity contribution in [1.82, 2.24) is 0 Å². The van der Waals surface area contributed by atoms with Crippen LogP contribution in [0.4, 0.5) is 0 Å². The quantitative estimate of drug-likeness (QED) is 0.814. The van der Waals surface area contributed by atoms with E-state index in [-0.39, 0.29) is 5.76 Å². The van der Waals surface area contributed by atoms with E-state index >= 15 is 0 Å². The van der Waals surface area contributed by atoms with Gasteiger partial charge in [0, 0.05) is 10.0 Å². The summed E-state index contributed by atoms with van der Waals surface area (Å²) in [6.45, 7) is 0. The molecule has 0 atom stereocenters. The third-order valence-electron chi connectivity index (χ3n) is 2.43. The molecule has 0 unspecified atom stereocenters. The maximum Gasteiger partial charge on any atom is 0.373 e. The highest BCUT2D eigenvalue weighted by Crippen LogP contribution is 2.32. The normalized spacial score (nSPS) is 10.2. The zero-order valence-electron chi connectivity index (χ0n) is 9.90. The summed E-state index contributed by atoms with van der Waals surface area (Å²) in [6.07, 6.45) is 0. The van der Waals surface area contributed by atoms with Crippen LogP contribution in [0.25, 0.3) is 11.3 Å². The van der Waals surface area contributed by atoms with E-state index in [0.717, 1.165) is 15.8 Å². The van der Waals surface area contributed by atoms with Gasteiger partial charge in [0.2, 0.25) is 5.76 Å². The first-order chi connectivity index (χ1) is 8.65. The Labute approximate surface area is 113 Å². The van der Waals surface area contributed by atoms with Gasteiger partial charge < -0.3 is 13.9 Å². The molecule has 0 aliphatic carbocycles. The average Bonchev–Trinajstić information content (AvgIpc) is 2.87. The van der Waals surface area contributed by atoms with Crippen LogP contribution in [0.5, 0.6) is 5.75 Å². The number of carbonyl (C=O) groups excluding carboxylic acids is 1. The lowest BCUT2D eigenvalue weighted by atomic mass is 10.2. The van der Waals surface area contributed by atoms with Gasteiger partial charge in [0.15, 0.2) is 0 Å². The molecule has 2 rings (SSSR count). The van der Waals surface area contributed by atoms with Crippen molar-refractivity contribution in [3.8, 4) is 17.1 Å². The van der Waals surface area contributed by atoms with Crippen LogP contribution in [0.1, 0.15) is 10.6 Å². The summed E-state index contributed by atoms with van der Waals surface area (Å²) in [6, 6.07) is 8.80. The smallest absolute Gasteiger partial charge is 0.373 e. The van der Waals surface area contributed by atoms with Crippen LogP contribution in [0.2, 0.25) is 0 Å². The second kappa shape index (κ2) is 5.27. The van der Waals surface area contributed by atoms with E-state index in [1.807, 2.05) is 18.2 Å². The van der Waals surface area contributed by atoms with Crippen molar-refractivity contribution >= 4 is 21.9 Å². The highest BCUT2D eigenvalue weighted by molar-refractivity contribution is 9.10. The van der Waals surface area contributed by atoms with Crippen LogP contribution in [0.3, 0.4) is 0 Å².